The summed E-state index contributed by atoms with van der Waals surface area (Å²) in [6.45, 7) is -0.229. The van der Waals surface area contributed by atoms with E-state index in [0.29, 0.717) is 39.2 Å². The van der Waals surface area contributed by atoms with Crippen molar-refractivity contribution in [2.24, 2.45) is 0 Å². The van der Waals surface area contributed by atoms with Crippen LogP contribution in [0, 0.1) is 0 Å². The number of carbonyl (C=O) groups is 2. The molecule has 8 heteroatoms. The lowest BCUT2D eigenvalue weighted by Gasteiger charge is -2.13. The summed E-state index contributed by atoms with van der Waals surface area (Å²) in [6.07, 6.45) is 0. The molecule has 2 amide bonds. The van der Waals surface area contributed by atoms with Gasteiger partial charge in [-0.1, -0.05) is 23.7 Å². The first-order chi connectivity index (χ1) is 15.0. The number of rotatable bonds is 8. The van der Waals surface area contributed by atoms with Gasteiger partial charge < -0.3 is 24.8 Å². The predicted molar refractivity (Wildman–Crippen MR) is 120 cm³/mol. The smallest absolute Gasteiger partial charge is 0.262 e. The third-order valence-electron chi connectivity index (χ3n) is 4.28. The van der Waals surface area contributed by atoms with Crippen LogP contribution in [0.4, 0.5) is 11.4 Å². The summed E-state index contributed by atoms with van der Waals surface area (Å²) in [5, 5.41) is 5.90. The number of carbonyl (C=O) groups excluding carboxylic acids is 2. The van der Waals surface area contributed by atoms with Crippen LogP contribution >= 0.6 is 11.6 Å². The fourth-order valence-electron chi connectivity index (χ4n) is 2.70. The van der Waals surface area contributed by atoms with Crippen LogP contribution in [0.15, 0.2) is 66.7 Å². The van der Waals surface area contributed by atoms with Crippen LogP contribution in [0.3, 0.4) is 0 Å². The summed E-state index contributed by atoms with van der Waals surface area (Å²) in [5.41, 5.74) is 1.48. The van der Waals surface area contributed by atoms with E-state index in [1.807, 2.05) is 0 Å². The molecule has 0 aliphatic heterocycles. The molecule has 160 valence electrons. The van der Waals surface area contributed by atoms with Gasteiger partial charge in [-0.15, -0.1) is 0 Å². The standard InChI is InChI=1S/C23H21ClN2O5/c1-29-17-10-8-16(9-11-17)25-22(27)14-31-20-12-7-15(13-21(20)30-2)23(28)26-19-6-4-3-5-18(19)24/h3-13H,14H2,1-2H3,(H,25,27)(H,26,28). The number of amides is 2. The van der Waals surface area contributed by atoms with E-state index in [0.717, 1.165) is 0 Å². The lowest BCUT2D eigenvalue weighted by atomic mass is 10.2. The van der Waals surface area contributed by atoms with Gasteiger partial charge in [0.15, 0.2) is 18.1 Å². The Kier molecular flexibility index (Phi) is 7.35. The Morgan fingerprint density at radius 1 is 0.871 bits per heavy atom. The zero-order chi connectivity index (χ0) is 22.2. The second-order valence-corrected chi connectivity index (χ2v) is 6.77. The summed E-state index contributed by atoms with van der Waals surface area (Å²) in [4.78, 5) is 24.7. The van der Waals surface area contributed by atoms with Gasteiger partial charge in [0, 0.05) is 11.3 Å². The number of hydrogen-bond donors (Lipinski definition) is 2. The van der Waals surface area contributed by atoms with E-state index in [9.17, 15) is 9.59 Å². The van der Waals surface area contributed by atoms with Crippen molar-refractivity contribution in [3.05, 3.63) is 77.3 Å². The van der Waals surface area contributed by atoms with Crippen molar-refractivity contribution in [1.29, 1.82) is 0 Å². The molecule has 3 rings (SSSR count). The Morgan fingerprint density at radius 2 is 1.61 bits per heavy atom. The maximum absolute atomic E-state index is 12.5. The normalized spacial score (nSPS) is 10.2. The molecule has 31 heavy (non-hydrogen) atoms. The number of ether oxygens (including phenoxy) is 3. The molecule has 3 aromatic carbocycles. The molecule has 0 atom stereocenters. The summed E-state index contributed by atoms with van der Waals surface area (Å²) >= 11 is 6.08. The fraction of sp³-hybridized carbons (Fsp3) is 0.130. The molecular weight excluding hydrogens is 420 g/mol. The molecule has 0 saturated carbocycles. The summed E-state index contributed by atoms with van der Waals surface area (Å²) in [5.74, 6) is 0.659. The quantitative estimate of drug-likeness (QED) is 0.533. The van der Waals surface area contributed by atoms with Crippen molar-refractivity contribution in [3.8, 4) is 17.2 Å². The molecule has 0 fully saturated rings. The maximum atomic E-state index is 12.5. The topological polar surface area (TPSA) is 85.9 Å². The largest absolute Gasteiger partial charge is 0.497 e. The second kappa shape index (κ2) is 10.4. The van der Waals surface area contributed by atoms with Crippen molar-refractivity contribution in [2.75, 3.05) is 31.5 Å². The Bertz CT molecular complexity index is 1070. The van der Waals surface area contributed by atoms with Crippen LogP contribution in [-0.4, -0.2) is 32.6 Å². The second-order valence-electron chi connectivity index (χ2n) is 6.36. The van der Waals surface area contributed by atoms with E-state index < -0.39 is 0 Å². The minimum Gasteiger partial charge on any atom is -0.497 e. The van der Waals surface area contributed by atoms with Gasteiger partial charge in [-0.2, -0.15) is 0 Å². The van der Waals surface area contributed by atoms with Gasteiger partial charge in [-0.3, -0.25) is 9.59 Å². The van der Waals surface area contributed by atoms with Gasteiger partial charge in [0.25, 0.3) is 11.8 Å². The van der Waals surface area contributed by atoms with Gasteiger partial charge in [0.1, 0.15) is 5.75 Å². The van der Waals surface area contributed by atoms with Crippen molar-refractivity contribution >= 4 is 34.8 Å². The molecular formula is C23H21ClN2O5. The third-order valence-corrected chi connectivity index (χ3v) is 4.61. The van der Waals surface area contributed by atoms with Crippen molar-refractivity contribution < 1.29 is 23.8 Å². The molecule has 0 heterocycles. The van der Waals surface area contributed by atoms with E-state index in [4.69, 9.17) is 25.8 Å². The predicted octanol–water partition coefficient (Wildman–Crippen LogP) is 4.63. The SMILES string of the molecule is COc1ccc(NC(=O)COc2ccc(C(=O)Nc3ccccc3Cl)cc2OC)cc1. The molecule has 0 aliphatic carbocycles. The lowest BCUT2D eigenvalue weighted by molar-refractivity contribution is -0.118. The summed E-state index contributed by atoms with van der Waals surface area (Å²) in [7, 11) is 3.02. The Balaban J connectivity index is 1.62. The number of benzene rings is 3. The Hall–Kier alpha value is -3.71. The van der Waals surface area contributed by atoms with Gasteiger partial charge >= 0.3 is 0 Å². The van der Waals surface area contributed by atoms with E-state index in [-0.39, 0.29) is 18.4 Å². The Morgan fingerprint density at radius 3 is 2.29 bits per heavy atom. The molecule has 0 saturated heterocycles. The highest BCUT2D eigenvalue weighted by atomic mass is 35.5. The van der Waals surface area contributed by atoms with Crippen LogP contribution in [-0.2, 0) is 4.79 Å². The average molecular weight is 441 g/mol. The fourth-order valence-corrected chi connectivity index (χ4v) is 2.88. The molecule has 0 aromatic heterocycles. The summed E-state index contributed by atoms with van der Waals surface area (Å²) in [6, 6.07) is 18.6. The zero-order valence-electron chi connectivity index (χ0n) is 17.0. The maximum Gasteiger partial charge on any atom is 0.262 e. The molecule has 0 aliphatic rings. The van der Waals surface area contributed by atoms with Gasteiger partial charge in [0.05, 0.1) is 24.9 Å². The van der Waals surface area contributed by atoms with E-state index >= 15 is 0 Å². The molecule has 0 spiro atoms. The number of halogens is 1. The van der Waals surface area contributed by atoms with Crippen LogP contribution in [0.5, 0.6) is 17.2 Å². The molecule has 0 unspecified atom stereocenters. The van der Waals surface area contributed by atoms with Gasteiger partial charge in [-0.05, 0) is 54.6 Å². The molecule has 3 aromatic rings. The van der Waals surface area contributed by atoms with Crippen LogP contribution in [0.1, 0.15) is 10.4 Å². The van der Waals surface area contributed by atoms with Crippen LogP contribution in [0.25, 0.3) is 0 Å². The first kappa shape index (κ1) is 22.0. The zero-order valence-corrected chi connectivity index (χ0v) is 17.7. The van der Waals surface area contributed by atoms with Crippen LogP contribution < -0.4 is 24.8 Å². The number of para-hydroxylation sites is 1. The van der Waals surface area contributed by atoms with Crippen molar-refractivity contribution in [2.45, 2.75) is 0 Å². The van der Waals surface area contributed by atoms with Crippen molar-refractivity contribution in [1.82, 2.24) is 0 Å². The minimum absolute atomic E-state index is 0.229. The van der Waals surface area contributed by atoms with Gasteiger partial charge in [-0.25, -0.2) is 0 Å². The number of methoxy groups -OCH3 is 2. The van der Waals surface area contributed by atoms with Crippen molar-refractivity contribution in [3.63, 3.8) is 0 Å². The van der Waals surface area contributed by atoms with Gasteiger partial charge in [0.2, 0.25) is 0 Å². The molecule has 2 N–H and O–H groups in total. The first-order valence-corrected chi connectivity index (χ1v) is 9.68. The highest BCUT2D eigenvalue weighted by molar-refractivity contribution is 6.33. The average Bonchev–Trinajstić information content (AvgIpc) is 2.79. The number of hydrogen-bond acceptors (Lipinski definition) is 5. The highest BCUT2D eigenvalue weighted by Crippen LogP contribution is 2.29. The lowest BCUT2D eigenvalue weighted by Crippen LogP contribution is -2.20. The number of anilines is 2. The van der Waals surface area contributed by atoms with E-state index in [1.165, 1.54) is 13.2 Å². The Labute approximate surface area is 184 Å². The third kappa shape index (κ3) is 5.90. The molecule has 0 bridgehead atoms. The van der Waals surface area contributed by atoms with Crippen LogP contribution in [0.2, 0.25) is 5.02 Å². The van der Waals surface area contributed by atoms with E-state index in [1.54, 1.807) is 67.8 Å². The molecule has 0 radical (unpaired) electrons. The summed E-state index contributed by atoms with van der Waals surface area (Å²) < 4.78 is 16.0. The number of nitrogens with one attached hydrogen (secondary N) is 2. The minimum atomic E-state index is -0.352. The monoisotopic (exact) mass is 440 g/mol. The van der Waals surface area contributed by atoms with E-state index in [2.05, 4.69) is 10.6 Å². The highest BCUT2D eigenvalue weighted by Gasteiger charge is 2.14. The first-order valence-electron chi connectivity index (χ1n) is 9.31. The molecule has 7 nitrogen and oxygen atoms in total.